The molecular formula is C19H38N2O4. The standard InChI is InChI=1S/C19H38N2O4/c1-2-3-4-5-6-7-8-9-10-11-18(22)21-14-13-20-15-17-25-16-12-19(23)24/h20H,2-17H2,1H3,(H,21,22)(H,23,24). The van der Waals surface area contributed by atoms with E-state index in [0.29, 0.717) is 32.7 Å². The second-order valence-corrected chi connectivity index (χ2v) is 6.43. The van der Waals surface area contributed by atoms with Crippen LogP contribution in [0.4, 0.5) is 0 Å². The third-order valence-electron chi connectivity index (χ3n) is 4.01. The van der Waals surface area contributed by atoms with E-state index >= 15 is 0 Å². The van der Waals surface area contributed by atoms with Crippen molar-refractivity contribution in [1.29, 1.82) is 0 Å². The molecule has 0 saturated heterocycles. The molecule has 3 N–H and O–H groups in total. The number of carbonyl (C=O) groups is 2. The van der Waals surface area contributed by atoms with E-state index < -0.39 is 5.97 Å². The van der Waals surface area contributed by atoms with Gasteiger partial charge in [0.05, 0.1) is 19.6 Å². The molecule has 0 bridgehead atoms. The molecule has 6 nitrogen and oxygen atoms in total. The first kappa shape index (κ1) is 23.9. The molecule has 0 fully saturated rings. The van der Waals surface area contributed by atoms with Crippen LogP contribution in [0.25, 0.3) is 0 Å². The molecule has 0 unspecified atom stereocenters. The number of amides is 1. The van der Waals surface area contributed by atoms with Gasteiger partial charge in [0.1, 0.15) is 0 Å². The Hall–Kier alpha value is -1.14. The summed E-state index contributed by atoms with van der Waals surface area (Å²) in [5, 5.41) is 14.5. The molecule has 0 aliphatic rings. The lowest BCUT2D eigenvalue weighted by Crippen LogP contribution is -2.33. The van der Waals surface area contributed by atoms with Crippen LogP contribution in [0.5, 0.6) is 0 Å². The Morgan fingerprint density at radius 1 is 0.800 bits per heavy atom. The maximum Gasteiger partial charge on any atom is 0.305 e. The lowest BCUT2D eigenvalue weighted by Gasteiger charge is -2.07. The highest BCUT2D eigenvalue weighted by Crippen LogP contribution is 2.10. The van der Waals surface area contributed by atoms with Crippen LogP contribution < -0.4 is 10.6 Å². The molecule has 0 spiro atoms. The third kappa shape index (κ3) is 20.8. The van der Waals surface area contributed by atoms with Crippen molar-refractivity contribution >= 4 is 11.9 Å². The minimum Gasteiger partial charge on any atom is -0.481 e. The number of rotatable bonds is 19. The van der Waals surface area contributed by atoms with Gasteiger partial charge in [0, 0.05) is 26.1 Å². The van der Waals surface area contributed by atoms with Crippen molar-refractivity contribution in [2.45, 2.75) is 77.6 Å². The van der Waals surface area contributed by atoms with Gasteiger partial charge in [-0.2, -0.15) is 0 Å². The number of aliphatic carboxylic acids is 1. The fourth-order valence-corrected chi connectivity index (χ4v) is 2.51. The Morgan fingerprint density at radius 2 is 1.44 bits per heavy atom. The zero-order valence-corrected chi connectivity index (χ0v) is 16.0. The van der Waals surface area contributed by atoms with Crippen molar-refractivity contribution in [1.82, 2.24) is 10.6 Å². The van der Waals surface area contributed by atoms with Gasteiger partial charge < -0.3 is 20.5 Å². The van der Waals surface area contributed by atoms with Crippen molar-refractivity contribution < 1.29 is 19.4 Å². The van der Waals surface area contributed by atoms with Crippen LogP contribution in [0.3, 0.4) is 0 Å². The molecule has 0 rings (SSSR count). The van der Waals surface area contributed by atoms with Gasteiger partial charge in [-0.1, -0.05) is 58.3 Å². The zero-order chi connectivity index (χ0) is 18.6. The number of ether oxygens (including phenoxy) is 1. The Bertz CT molecular complexity index is 325. The van der Waals surface area contributed by atoms with E-state index in [9.17, 15) is 9.59 Å². The van der Waals surface area contributed by atoms with Crippen LogP contribution in [0.2, 0.25) is 0 Å². The van der Waals surface area contributed by atoms with Crippen molar-refractivity contribution in [3.63, 3.8) is 0 Å². The van der Waals surface area contributed by atoms with E-state index in [4.69, 9.17) is 9.84 Å². The van der Waals surface area contributed by atoms with Crippen LogP contribution in [0.1, 0.15) is 77.6 Å². The SMILES string of the molecule is CCCCCCCCCCCC(=O)NCCNCCOCCC(=O)O. The Labute approximate surface area is 153 Å². The van der Waals surface area contributed by atoms with E-state index in [-0.39, 0.29) is 18.9 Å². The highest BCUT2D eigenvalue weighted by atomic mass is 16.5. The van der Waals surface area contributed by atoms with Crippen molar-refractivity contribution in [3.8, 4) is 0 Å². The van der Waals surface area contributed by atoms with E-state index in [1.165, 1.54) is 44.9 Å². The van der Waals surface area contributed by atoms with Gasteiger partial charge in [-0.05, 0) is 6.42 Å². The molecule has 6 heteroatoms. The summed E-state index contributed by atoms with van der Waals surface area (Å²) in [5.74, 6) is -0.718. The average Bonchev–Trinajstić information content (AvgIpc) is 2.58. The Balaban J connectivity index is 3.17. The highest BCUT2D eigenvalue weighted by molar-refractivity contribution is 5.75. The summed E-state index contributed by atoms with van der Waals surface area (Å²) in [5.41, 5.74) is 0. The summed E-state index contributed by atoms with van der Waals surface area (Å²) >= 11 is 0. The molecule has 148 valence electrons. The molecule has 0 saturated carbocycles. The summed E-state index contributed by atoms with van der Waals surface area (Å²) in [7, 11) is 0. The molecule has 0 aromatic heterocycles. The molecule has 0 aromatic rings. The van der Waals surface area contributed by atoms with E-state index in [1.807, 2.05) is 0 Å². The Morgan fingerprint density at radius 3 is 2.08 bits per heavy atom. The predicted octanol–water partition coefficient (Wildman–Crippen LogP) is 3.10. The smallest absolute Gasteiger partial charge is 0.305 e. The number of carbonyl (C=O) groups excluding carboxylic acids is 1. The first-order valence-electron chi connectivity index (χ1n) is 9.93. The van der Waals surface area contributed by atoms with Crippen LogP contribution in [0, 0.1) is 0 Å². The van der Waals surface area contributed by atoms with E-state index in [2.05, 4.69) is 17.6 Å². The monoisotopic (exact) mass is 358 g/mol. The first-order chi connectivity index (χ1) is 12.2. The fourth-order valence-electron chi connectivity index (χ4n) is 2.51. The van der Waals surface area contributed by atoms with Crippen molar-refractivity contribution in [3.05, 3.63) is 0 Å². The number of nitrogens with one attached hydrogen (secondary N) is 2. The van der Waals surface area contributed by atoms with Crippen LogP contribution in [-0.4, -0.2) is 49.8 Å². The van der Waals surface area contributed by atoms with Crippen molar-refractivity contribution in [2.24, 2.45) is 0 Å². The maximum atomic E-state index is 11.7. The van der Waals surface area contributed by atoms with Gasteiger partial charge in [-0.25, -0.2) is 0 Å². The molecular weight excluding hydrogens is 320 g/mol. The van der Waals surface area contributed by atoms with Gasteiger partial charge in [0.2, 0.25) is 5.91 Å². The van der Waals surface area contributed by atoms with Crippen LogP contribution >= 0.6 is 0 Å². The molecule has 25 heavy (non-hydrogen) atoms. The molecule has 0 heterocycles. The number of hydrogen-bond acceptors (Lipinski definition) is 4. The topological polar surface area (TPSA) is 87.7 Å². The summed E-state index contributed by atoms with van der Waals surface area (Å²) in [6.45, 7) is 4.94. The normalized spacial score (nSPS) is 10.8. The highest BCUT2D eigenvalue weighted by Gasteiger charge is 2.00. The summed E-state index contributed by atoms with van der Waals surface area (Å²) in [4.78, 5) is 21.9. The summed E-state index contributed by atoms with van der Waals surface area (Å²) < 4.78 is 5.15. The van der Waals surface area contributed by atoms with Gasteiger partial charge in [0.25, 0.3) is 0 Å². The van der Waals surface area contributed by atoms with Crippen LogP contribution in [-0.2, 0) is 14.3 Å². The molecule has 1 amide bonds. The minimum atomic E-state index is -0.845. The van der Waals surface area contributed by atoms with Crippen LogP contribution in [0.15, 0.2) is 0 Å². The number of unbranched alkanes of at least 4 members (excludes halogenated alkanes) is 8. The van der Waals surface area contributed by atoms with Crippen molar-refractivity contribution in [2.75, 3.05) is 32.8 Å². The maximum absolute atomic E-state index is 11.7. The first-order valence-corrected chi connectivity index (χ1v) is 9.93. The van der Waals surface area contributed by atoms with Gasteiger partial charge in [0.15, 0.2) is 0 Å². The number of carboxylic acids is 1. The van der Waals surface area contributed by atoms with E-state index in [0.717, 1.165) is 12.8 Å². The zero-order valence-electron chi connectivity index (χ0n) is 16.0. The van der Waals surface area contributed by atoms with Gasteiger partial charge in [-0.3, -0.25) is 9.59 Å². The molecule has 0 aliphatic heterocycles. The third-order valence-corrected chi connectivity index (χ3v) is 4.01. The lowest BCUT2D eigenvalue weighted by molar-refractivity contribution is -0.138. The summed E-state index contributed by atoms with van der Waals surface area (Å²) in [6.07, 6.45) is 12.0. The molecule has 0 radical (unpaired) electrons. The predicted molar refractivity (Wildman–Crippen MR) is 101 cm³/mol. The molecule has 0 aliphatic carbocycles. The summed E-state index contributed by atoms with van der Waals surface area (Å²) in [6, 6.07) is 0. The second-order valence-electron chi connectivity index (χ2n) is 6.43. The fraction of sp³-hybridized carbons (Fsp3) is 0.895. The Kier molecular flexibility index (Phi) is 18.3. The lowest BCUT2D eigenvalue weighted by atomic mass is 10.1. The number of hydrogen-bond donors (Lipinski definition) is 3. The van der Waals surface area contributed by atoms with Gasteiger partial charge >= 0.3 is 5.97 Å². The van der Waals surface area contributed by atoms with E-state index in [1.54, 1.807) is 0 Å². The second kappa shape index (κ2) is 19.2. The molecule has 0 atom stereocenters. The minimum absolute atomic E-state index is 0.0366. The van der Waals surface area contributed by atoms with Gasteiger partial charge in [-0.15, -0.1) is 0 Å². The largest absolute Gasteiger partial charge is 0.481 e. The quantitative estimate of drug-likeness (QED) is 0.309. The average molecular weight is 359 g/mol. The number of carboxylic acid groups (broad SMARTS) is 1. The molecule has 0 aromatic carbocycles.